The number of ether oxygens (including phenoxy) is 1. The van der Waals surface area contributed by atoms with E-state index in [1.165, 1.54) is 12.8 Å². The van der Waals surface area contributed by atoms with Gasteiger partial charge in [0.2, 0.25) is 0 Å². The van der Waals surface area contributed by atoms with Crippen LogP contribution in [-0.4, -0.2) is 37.0 Å². The molecule has 1 saturated heterocycles. The summed E-state index contributed by atoms with van der Waals surface area (Å²) in [6.45, 7) is 3.18. The van der Waals surface area contributed by atoms with Crippen molar-refractivity contribution in [2.75, 3.05) is 26.2 Å². The van der Waals surface area contributed by atoms with Crippen LogP contribution in [0.25, 0.3) is 0 Å². The van der Waals surface area contributed by atoms with E-state index < -0.39 is 0 Å². The van der Waals surface area contributed by atoms with Crippen LogP contribution < -0.4 is 10.5 Å². The normalized spacial score (nSPS) is 19.6. The molecule has 0 atom stereocenters. The average Bonchev–Trinajstić information content (AvgIpc) is 3.37. The van der Waals surface area contributed by atoms with Crippen molar-refractivity contribution in [2.24, 2.45) is 17.6 Å². The average molecular weight is 288 g/mol. The number of carbonyl (C=O) groups excluding carboxylic acids is 1. The lowest BCUT2D eigenvalue weighted by Crippen LogP contribution is -2.40. The zero-order chi connectivity index (χ0) is 14.7. The molecule has 2 N–H and O–H groups in total. The maximum absolute atomic E-state index is 12.4. The third-order valence-corrected chi connectivity index (χ3v) is 4.52. The van der Waals surface area contributed by atoms with Crippen molar-refractivity contribution in [3.8, 4) is 5.75 Å². The van der Waals surface area contributed by atoms with Crippen LogP contribution in [0.2, 0.25) is 0 Å². The summed E-state index contributed by atoms with van der Waals surface area (Å²) in [4.78, 5) is 14.4. The number of nitrogens with two attached hydrogens (primary N) is 1. The Morgan fingerprint density at radius 2 is 1.76 bits per heavy atom. The van der Waals surface area contributed by atoms with Gasteiger partial charge in [-0.15, -0.1) is 0 Å². The zero-order valence-corrected chi connectivity index (χ0v) is 12.5. The second-order valence-corrected chi connectivity index (χ2v) is 6.25. The third kappa shape index (κ3) is 3.76. The van der Waals surface area contributed by atoms with E-state index in [0.717, 1.165) is 56.3 Å². The van der Waals surface area contributed by atoms with Crippen LogP contribution in [0.1, 0.15) is 36.0 Å². The molecule has 1 amide bonds. The molecule has 1 aromatic carbocycles. The van der Waals surface area contributed by atoms with E-state index in [9.17, 15) is 4.79 Å². The summed E-state index contributed by atoms with van der Waals surface area (Å²) in [5.74, 6) is 2.31. The number of amides is 1. The number of piperidine rings is 1. The molecule has 0 unspecified atom stereocenters. The molecule has 2 fully saturated rings. The van der Waals surface area contributed by atoms with Gasteiger partial charge in [-0.3, -0.25) is 4.79 Å². The molecule has 0 radical (unpaired) electrons. The van der Waals surface area contributed by atoms with Crippen molar-refractivity contribution in [1.29, 1.82) is 0 Å². The van der Waals surface area contributed by atoms with Crippen LogP contribution in [0.4, 0.5) is 0 Å². The lowest BCUT2D eigenvalue weighted by atomic mass is 9.96. The molecule has 1 saturated carbocycles. The highest BCUT2D eigenvalue weighted by Crippen LogP contribution is 2.29. The molecule has 1 aliphatic carbocycles. The van der Waals surface area contributed by atoms with Crippen LogP contribution >= 0.6 is 0 Å². The number of hydrogen-bond donors (Lipinski definition) is 1. The van der Waals surface area contributed by atoms with E-state index in [2.05, 4.69) is 0 Å². The molecular formula is C17H24N2O2. The SMILES string of the molecule is NCC1CCN(C(=O)c2ccc(OCC3CC3)cc2)CC1. The molecule has 1 aliphatic heterocycles. The Kier molecular flexibility index (Phi) is 4.44. The van der Waals surface area contributed by atoms with Gasteiger partial charge in [0.05, 0.1) is 6.61 Å². The third-order valence-electron chi connectivity index (χ3n) is 4.52. The number of rotatable bonds is 5. The minimum Gasteiger partial charge on any atom is -0.493 e. The second-order valence-electron chi connectivity index (χ2n) is 6.25. The van der Waals surface area contributed by atoms with Crippen LogP contribution in [0.15, 0.2) is 24.3 Å². The molecule has 4 nitrogen and oxygen atoms in total. The Hall–Kier alpha value is -1.55. The largest absolute Gasteiger partial charge is 0.493 e. The monoisotopic (exact) mass is 288 g/mol. The number of carbonyl (C=O) groups is 1. The minimum absolute atomic E-state index is 0.124. The molecule has 114 valence electrons. The fourth-order valence-electron chi connectivity index (χ4n) is 2.75. The van der Waals surface area contributed by atoms with Gasteiger partial charge in [0.1, 0.15) is 5.75 Å². The second kappa shape index (κ2) is 6.48. The fraction of sp³-hybridized carbons (Fsp3) is 0.588. The van der Waals surface area contributed by atoms with Crippen LogP contribution in [0, 0.1) is 11.8 Å². The summed E-state index contributed by atoms with van der Waals surface area (Å²) < 4.78 is 5.70. The van der Waals surface area contributed by atoms with Crippen molar-refractivity contribution in [3.05, 3.63) is 29.8 Å². The maximum Gasteiger partial charge on any atom is 0.253 e. The Labute approximate surface area is 126 Å². The van der Waals surface area contributed by atoms with Gasteiger partial charge < -0.3 is 15.4 Å². The van der Waals surface area contributed by atoms with Crippen molar-refractivity contribution >= 4 is 5.91 Å². The van der Waals surface area contributed by atoms with Gasteiger partial charge in [0.15, 0.2) is 0 Å². The quantitative estimate of drug-likeness (QED) is 0.904. The van der Waals surface area contributed by atoms with Crippen LogP contribution in [0.3, 0.4) is 0 Å². The van der Waals surface area contributed by atoms with Gasteiger partial charge in [-0.25, -0.2) is 0 Å². The molecule has 4 heteroatoms. The molecule has 2 aliphatic rings. The molecular weight excluding hydrogens is 264 g/mol. The van der Waals surface area contributed by atoms with Crippen LogP contribution in [0.5, 0.6) is 5.75 Å². The van der Waals surface area contributed by atoms with E-state index in [0.29, 0.717) is 5.92 Å². The summed E-state index contributed by atoms with van der Waals surface area (Å²) in [6.07, 6.45) is 4.61. The number of likely N-dealkylation sites (tertiary alicyclic amines) is 1. The first kappa shape index (κ1) is 14.4. The number of benzene rings is 1. The summed E-state index contributed by atoms with van der Waals surface area (Å²) >= 11 is 0. The first-order valence-electron chi connectivity index (χ1n) is 7.98. The van der Waals surface area contributed by atoms with Crippen molar-refractivity contribution < 1.29 is 9.53 Å². The Bertz CT molecular complexity index is 474. The molecule has 3 rings (SSSR count). The predicted molar refractivity (Wildman–Crippen MR) is 82.3 cm³/mol. The summed E-state index contributed by atoms with van der Waals surface area (Å²) in [5.41, 5.74) is 6.44. The summed E-state index contributed by atoms with van der Waals surface area (Å²) in [5, 5.41) is 0. The highest BCUT2D eigenvalue weighted by Gasteiger charge is 2.23. The highest BCUT2D eigenvalue weighted by molar-refractivity contribution is 5.94. The van der Waals surface area contributed by atoms with Gasteiger partial charge in [0, 0.05) is 18.7 Å². The Balaban J connectivity index is 1.54. The van der Waals surface area contributed by atoms with Gasteiger partial charge in [-0.2, -0.15) is 0 Å². The van der Waals surface area contributed by atoms with Crippen molar-refractivity contribution in [3.63, 3.8) is 0 Å². The molecule has 1 aromatic rings. The Morgan fingerprint density at radius 3 is 2.33 bits per heavy atom. The van der Waals surface area contributed by atoms with E-state index in [4.69, 9.17) is 10.5 Å². The van der Waals surface area contributed by atoms with Crippen molar-refractivity contribution in [2.45, 2.75) is 25.7 Å². The first-order chi connectivity index (χ1) is 10.3. The van der Waals surface area contributed by atoms with E-state index in [1.54, 1.807) is 0 Å². The smallest absolute Gasteiger partial charge is 0.253 e. The maximum atomic E-state index is 12.4. The summed E-state index contributed by atoms with van der Waals surface area (Å²) in [6, 6.07) is 7.56. The van der Waals surface area contributed by atoms with Crippen LogP contribution in [-0.2, 0) is 0 Å². The van der Waals surface area contributed by atoms with Gasteiger partial charge in [-0.05, 0) is 68.3 Å². The Morgan fingerprint density at radius 1 is 1.10 bits per heavy atom. The van der Waals surface area contributed by atoms with Gasteiger partial charge in [-0.1, -0.05) is 0 Å². The van der Waals surface area contributed by atoms with E-state index >= 15 is 0 Å². The molecule has 21 heavy (non-hydrogen) atoms. The summed E-state index contributed by atoms with van der Waals surface area (Å²) in [7, 11) is 0. The van der Waals surface area contributed by atoms with Gasteiger partial charge in [0.25, 0.3) is 5.91 Å². The number of nitrogens with zero attached hydrogens (tertiary/aromatic N) is 1. The number of hydrogen-bond acceptors (Lipinski definition) is 3. The van der Waals surface area contributed by atoms with E-state index in [-0.39, 0.29) is 5.91 Å². The minimum atomic E-state index is 0.124. The standard InChI is InChI=1S/C17H24N2O2/c18-11-13-7-9-19(10-8-13)17(20)15-3-5-16(6-4-15)21-12-14-1-2-14/h3-6,13-14H,1-2,7-12,18H2. The van der Waals surface area contributed by atoms with Crippen molar-refractivity contribution in [1.82, 2.24) is 4.90 Å². The molecule has 0 aromatic heterocycles. The zero-order valence-electron chi connectivity index (χ0n) is 12.5. The fourth-order valence-corrected chi connectivity index (χ4v) is 2.75. The lowest BCUT2D eigenvalue weighted by Gasteiger charge is -2.31. The molecule has 0 spiro atoms. The molecule has 0 bridgehead atoms. The molecule has 1 heterocycles. The highest BCUT2D eigenvalue weighted by atomic mass is 16.5. The van der Waals surface area contributed by atoms with E-state index in [1.807, 2.05) is 29.2 Å². The van der Waals surface area contributed by atoms with Gasteiger partial charge >= 0.3 is 0 Å². The first-order valence-corrected chi connectivity index (χ1v) is 7.98. The lowest BCUT2D eigenvalue weighted by molar-refractivity contribution is 0.0693. The topological polar surface area (TPSA) is 55.6 Å². The predicted octanol–water partition coefficient (Wildman–Crippen LogP) is 2.29.